The smallest absolute Gasteiger partial charge is 0.178 e. The zero-order chi connectivity index (χ0) is 25.2. The van der Waals surface area contributed by atoms with E-state index in [2.05, 4.69) is 24.0 Å². The van der Waals surface area contributed by atoms with Gasteiger partial charge in [-0.25, -0.2) is 16.8 Å². The Morgan fingerprint density at radius 3 is 2.49 bits per heavy atom. The van der Waals surface area contributed by atoms with Gasteiger partial charge in [-0.2, -0.15) is 0 Å². The van der Waals surface area contributed by atoms with Crippen molar-refractivity contribution in [2.45, 2.75) is 56.0 Å². The maximum absolute atomic E-state index is 12.5. The van der Waals surface area contributed by atoms with Crippen LogP contribution in [0.2, 0.25) is 5.02 Å². The summed E-state index contributed by atoms with van der Waals surface area (Å²) in [6, 6.07) is 13.7. The van der Waals surface area contributed by atoms with Gasteiger partial charge < -0.3 is 4.74 Å². The second-order valence-electron chi connectivity index (χ2n) is 10.0. The van der Waals surface area contributed by atoms with Crippen molar-refractivity contribution >= 4 is 31.3 Å². The maximum atomic E-state index is 12.5. The first-order valence-electron chi connectivity index (χ1n) is 12.2. The van der Waals surface area contributed by atoms with Crippen LogP contribution in [0.1, 0.15) is 37.3 Å². The molecule has 0 amide bonds. The third-order valence-electron chi connectivity index (χ3n) is 7.15. The Labute approximate surface area is 214 Å². The van der Waals surface area contributed by atoms with E-state index in [-0.39, 0.29) is 22.8 Å². The highest BCUT2D eigenvalue weighted by atomic mass is 35.5. The summed E-state index contributed by atoms with van der Waals surface area (Å²) in [6.07, 6.45) is 5.56. The average molecular weight is 540 g/mol. The Bertz CT molecular complexity index is 1250. The minimum absolute atomic E-state index is 0.0927. The molecule has 1 aliphatic carbocycles. The van der Waals surface area contributed by atoms with Crippen LogP contribution >= 0.6 is 11.6 Å². The highest BCUT2D eigenvalue weighted by Gasteiger charge is 2.35. The van der Waals surface area contributed by atoms with Crippen molar-refractivity contribution in [2.75, 3.05) is 30.9 Å². The number of fused-ring (bicyclic) bond motifs is 1. The second kappa shape index (κ2) is 10.8. The van der Waals surface area contributed by atoms with Crippen molar-refractivity contribution in [2.24, 2.45) is 5.92 Å². The molecule has 1 saturated heterocycles. The molecule has 2 aromatic rings. The van der Waals surface area contributed by atoms with Crippen molar-refractivity contribution in [3.63, 3.8) is 0 Å². The molecule has 0 bridgehead atoms. The molecule has 0 unspecified atom stereocenters. The van der Waals surface area contributed by atoms with Gasteiger partial charge in [-0.1, -0.05) is 17.7 Å². The van der Waals surface area contributed by atoms with Crippen LogP contribution in [0, 0.1) is 5.92 Å². The van der Waals surface area contributed by atoms with E-state index in [1.807, 2.05) is 6.07 Å². The lowest BCUT2D eigenvalue weighted by Gasteiger charge is -2.35. The summed E-state index contributed by atoms with van der Waals surface area (Å²) in [5, 5.41) is 0.804. The quantitative estimate of drug-likeness (QED) is 0.475. The predicted octanol–water partition coefficient (Wildman–Crippen LogP) is 4.20. The minimum Gasteiger partial charge on any atom is -0.493 e. The molecule has 2 aliphatic rings. The van der Waals surface area contributed by atoms with Crippen LogP contribution in [0.25, 0.3) is 0 Å². The molecule has 0 saturated carbocycles. The van der Waals surface area contributed by atoms with E-state index < -0.39 is 19.7 Å². The molecule has 1 heterocycles. The van der Waals surface area contributed by atoms with E-state index in [9.17, 15) is 16.8 Å². The van der Waals surface area contributed by atoms with Gasteiger partial charge in [-0.15, -0.1) is 0 Å². The maximum Gasteiger partial charge on any atom is 0.178 e. The lowest BCUT2D eigenvalue weighted by atomic mass is 9.87. The lowest BCUT2D eigenvalue weighted by Crippen LogP contribution is -2.41. The fourth-order valence-corrected chi connectivity index (χ4v) is 7.73. The zero-order valence-corrected chi connectivity index (χ0v) is 22.7. The van der Waals surface area contributed by atoms with Crippen LogP contribution in [-0.4, -0.2) is 64.7 Å². The Balaban J connectivity index is 1.29. The first-order chi connectivity index (χ1) is 16.5. The van der Waals surface area contributed by atoms with Crippen molar-refractivity contribution in [3.05, 3.63) is 58.6 Å². The molecule has 35 heavy (non-hydrogen) atoms. The van der Waals surface area contributed by atoms with Crippen molar-refractivity contribution in [1.82, 2.24) is 4.90 Å². The van der Waals surface area contributed by atoms with Gasteiger partial charge in [0.05, 0.1) is 23.0 Å². The van der Waals surface area contributed by atoms with Gasteiger partial charge in [0.2, 0.25) is 0 Å². The number of halogens is 1. The predicted molar refractivity (Wildman–Crippen MR) is 140 cm³/mol. The molecular weight excluding hydrogens is 506 g/mol. The van der Waals surface area contributed by atoms with Gasteiger partial charge in [-0.3, -0.25) is 4.90 Å². The molecule has 0 spiro atoms. The van der Waals surface area contributed by atoms with Crippen molar-refractivity contribution in [1.29, 1.82) is 0 Å². The van der Waals surface area contributed by atoms with Gasteiger partial charge in [0.15, 0.2) is 9.84 Å². The van der Waals surface area contributed by atoms with Gasteiger partial charge in [0.25, 0.3) is 0 Å². The van der Waals surface area contributed by atoms with E-state index >= 15 is 0 Å². The molecule has 0 aromatic heterocycles. The number of ether oxygens (including phenoxy) is 1. The summed E-state index contributed by atoms with van der Waals surface area (Å²) in [4.78, 5) is 2.81. The third kappa shape index (κ3) is 7.00. The van der Waals surface area contributed by atoms with E-state index in [0.29, 0.717) is 30.4 Å². The fourth-order valence-electron chi connectivity index (χ4n) is 5.38. The molecule has 0 N–H and O–H groups in total. The lowest BCUT2D eigenvalue weighted by molar-refractivity contribution is 0.164. The van der Waals surface area contributed by atoms with Crippen LogP contribution < -0.4 is 4.74 Å². The first-order valence-corrected chi connectivity index (χ1v) is 16.3. The standard InChI is InChI=1S/C26H34ClNO5S2/c1-19-14-20(17-28(19)24-7-5-21-4-6-23(27)15-22(21)16-24)18-33-25-8-10-26(11-9-25)35(31,32)13-3-12-34(2,29)30/h4,6,8-11,15,19-20,24H,3,5,7,12-14,16-18H2,1-2H3/t19-,20+,24+/m1/s1. The van der Waals surface area contributed by atoms with Crippen LogP contribution in [0.5, 0.6) is 5.75 Å². The summed E-state index contributed by atoms with van der Waals surface area (Å²) in [7, 11) is -6.69. The fraction of sp³-hybridized carbons (Fsp3) is 0.538. The molecule has 6 nitrogen and oxygen atoms in total. The molecule has 1 fully saturated rings. The van der Waals surface area contributed by atoms with Crippen LogP contribution in [0.15, 0.2) is 47.4 Å². The monoisotopic (exact) mass is 539 g/mol. The summed E-state index contributed by atoms with van der Waals surface area (Å²) in [6.45, 7) is 3.88. The Kier molecular flexibility index (Phi) is 8.15. The molecule has 3 atom stereocenters. The number of hydrogen-bond acceptors (Lipinski definition) is 6. The molecule has 9 heteroatoms. The second-order valence-corrected chi connectivity index (χ2v) is 14.8. The largest absolute Gasteiger partial charge is 0.493 e. The van der Waals surface area contributed by atoms with Crippen LogP contribution in [0.4, 0.5) is 0 Å². The number of nitrogens with zero attached hydrogens (tertiary/aromatic N) is 1. The summed E-state index contributed by atoms with van der Waals surface area (Å²) in [5.74, 6) is 0.747. The van der Waals surface area contributed by atoms with E-state index in [1.54, 1.807) is 24.3 Å². The number of likely N-dealkylation sites (tertiary alicyclic amines) is 1. The summed E-state index contributed by atoms with van der Waals surface area (Å²) < 4.78 is 53.5. The normalized spacial score (nSPS) is 23.2. The van der Waals surface area contributed by atoms with E-state index in [0.717, 1.165) is 43.5 Å². The van der Waals surface area contributed by atoms with Gasteiger partial charge in [0, 0.05) is 35.8 Å². The highest BCUT2D eigenvalue weighted by Crippen LogP contribution is 2.33. The van der Waals surface area contributed by atoms with E-state index in [4.69, 9.17) is 16.3 Å². The van der Waals surface area contributed by atoms with Crippen LogP contribution in [-0.2, 0) is 32.5 Å². The first kappa shape index (κ1) is 26.5. The molecule has 1 aliphatic heterocycles. The average Bonchev–Trinajstić information content (AvgIpc) is 3.17. The Morgan fingerprint density at radius 1 is 1.03 bits per heavy atom. The number of aryl methyl sites for hydroxylation is 1. The van der Waals surface area contributed by atoms with Crippen molar-refractivity contribution < 1.29 is 21.6 Å². The topological polar surface area (TPSA) is 80.8 Å². The highest BCUT2D eigenvalue weighted by molar-refractivity contribution is 7.92. The number of sulfone groups is 2. The molecule has 192 valence electrons. The zero-order valence-electron chi connectivity index (χ0n) is 20.3. The summed E-state index contributed by atoms with van der Waals surface area (Å²) >= 11 is 6.22. The number of benzene rings is 2. The SMILES string of the molecule is C[C@@H]1C[C@H](COc2ccc(S(=O)(=O)CCCS(C)(=O)=O)cc2)CN1[C@H]1CCc2ccc(Cl)cc2C1. The van der Waals surface area contributed by atoms with Crippen LogP contribution in [0.3, 0.4) is 0 Å². The Morgan fingerprint density at radius 2 is 1.77 bits per heavy atom. The van der Waals surface area contributed by atoms with E-state index in [1.165, 1.54) is 11.1 Å². The van der Waals surface area contributed by atoms with Gasteiger partial charge in [0.1, 0.15) is 15.6 Å². The number of rotatable bonds is 9. The number of hydrogen-bond donors (Lipinski definition) is 0. The third-order valence-corrected chi connectivity index (χ3v) is 10.2. The van der Waals surface area contributed by atoms with Gasteiger partial charge >= 0.3 is 0 Å². The molecule has 4 rings (SSSR count). The Hall–Kier alpha value is -1.61. The molecular formula is C26H34ClNO5S2. The molecule has 0 radical (unpaired) electrons. The minimum atomic E-state index is -3.52. The summed E-state index contributed by atoms with van der Waals surface area (Å²) in [5.41, 5.74) is 2.78. The van der Waals surface area contributed by atoms with Gasteiger partial charge in [-0.05, 0) is 86.6 Å². The molecule has 2 aromatic carbocycles. The van der Waals surface area contributed by atoms with Crippen molar-refractivity contribution in [3.8, 4) is 5.75 Å².